The summed E-state index contributed by atoms with van der Waals surface area (Å²) in [5.74, 6) is 0. The maximum Gasteiger partial charge on any atom is 0.0986 e. The van der Waals surface area contributed by atoms with Gasteiger partial charge in [-0.15, -0.1) is 0 Å². The molecule has 0 spiro atoms. The van der Waals surface area contributed by atoms with Gasteiger partial charge in [0.2, 0.25) is 0 Å². The average molecular weight is 258 g/mol. The van der Waals surface area contributed by atoms with Gasteiger partial charge in [-0.1, -0.05) is 18.2 Å². The van der Waals surface area contributed by atoms with Crippen LogP contribution in [0.25, 0.3) is 32.8 Å². The summed E-state index contributed by atoms with van der Waals surface area (Å²) in [6, 6.07) is 12.3. The number of hydrogen-bond acceptors (Lipinski definition) is 3. The Labute approximate surface area is 114 Å². The summed E-state index contributed by atoms with van der Waals surface area (Å²) in [4.78, 5) is 12.2. The number of para-hydroxylation sites is 1. The fourth-order valence-corrected chi connectivity index (χ4v) is 2.74. The van der Waals surface area contributed by atoms with Crippen molar-refractivity contribution in [2.45, 2.75) is 6.42 Å². The minimum Gasteiger partial charge on any atom is -0.354 e. The lowest BCUT2D eigenvalue weighted by atomic mass is 10.0. The van der Waals surface area contributed by atoms with Crippen molar-refractivity contribution in [3.8, 4) is 6.07 Å². The van der Waals surface area contributed by atoms with Gasteiger partial charge in [-0.25, -0.2) is 0 Å². The van der Waals surface area contributed by atoms with E-state index in [1.165, 1.54) is 0 Å². The number of aromatic nitrogens is 3. The first-order valence-electron chi connectivity index (χ1n) is 6.38. The molecular formula is C16H10N4. The number of nitriles is 1. The normalized spacial score (nSPS) is 11.2. The van der Waals surface area contributed by atoms with Crippen molar-refractivity contribution in [3.63, 3.8) is 0 Å². The summed E-state index contributed by atoms with van der Waals surface area (Å²) >= 11 is 0. The molecule has 94 valence electrons. The van der Waals surface area contributed by atoms with E-state index >= 15 is 0 Å². The third kappa shape index (κ3) is 1.41. The van der Waals surface area contributed by atoms with E-state index in [1.807, 2.05) is 24.3 Å². The molecule has 0 radical (unpaired) electrons. The Morgan fingerprint density at radius 3 is 2.90 bits per heavy atom. The van der Waals surface area contributed by atoms with Crippen molar-refractivity contribution in [1.29, 1.82) is 5.26 Å². The van der Waals surface area contributed by atoms with Crippen LogP contribution in [0.3, 0.4) is 0 Å². The Balaban J connectivity index is 2.31. The van der Waals surface area contributed by atoms with Gasteiger partial charge in [-0.3, -0.25) is 9.97 Å². The Kier molecular flexibility index (Phi) is 2.21. The van der Waals surface area contributed by atoms with E-state index in [4.69, 9.17) is 5.26 Å². The Morgan fingerprint density at radius 1 is 1.15 bits per heavy atom. The number of aromatic amines is 1. The van der Waals surface area contributed by atoms with Crippen LogP contribution in [0.15, 0.2) is 42.7 Å². The van der Waals surface area contributed by atoms with E-state index in [1.54, 1.807) is 12.4 Å². The monoisotopic (exact) mass is 258 g/mol. The van der Waals surface area contributed by atoms with Crippen LogP contribution in [-0.2, 0) is 6.42 Å². The molecule has 0 aliphatic heterocycles. The van der Waals surface area contributed by atoms with Crippen molar-refractivity contribution >= 4 is 32.8 Å². The Bertz CT molecular complexity index is 992. The van der Waals surface area contributed by atoms with E-state index in [9.17, 15) is 0 Å². The van der Waals surface area contributed by atoms with Crippen LogP contribution in [0.5, 0.6) is 0 Å². The van der Waals surface area contributed by atoms with E-state index in [-0.39, 0.29) is 0 Å². The van der Waals surface area contributed by atoms with Crippen molar-refractivity contribution in [1.82, 2.24) is 15.0 Å². The SMILES string of the molecule is N#CCc1cc2nccnc2c2c1[nH]c1ccccc12. The van der Waals surface area contributed by atoms with Crippen LogP contribution in [0.4, 0.5) is 0 Å². The number of benzene rings is 2. The zero-order chi connectivity index (χ0) is 13.5. The minimum absolute atomic E-state index is 0.357. The van der Waals surface area contributed by atoms with Gasteiger partial charge in [0.1, 0.15) is 0 Å². The number of hydrogen-bond donors (Lipinski definition) is 1. The molecule has 0 saturated carbocycles. The number of nitrogens with zero attached hydrogens (tertiary/aromatic N) is 3. The quantitative estimate of drug-likeness (QED) is 0.569. The van der Waals surface area contributed by atoms with Crippen LogP contribution in [-0.4, -0.2) is 15.0 Å². The van der Waals surface area contributed by atoms with Gasteiger partial charge < -0.3 is 4.98 Å². The van der Waals surface area contributed by atoms with Crippen LogP contribution in [0.2, 0.25) is 0 Å². The number of nitrogens with one attached hydrogen (secondary N) is 1. The second-order valence-corrected chi connectivity index (χ2v) is 4.72. The second-order valence-electron chi connectivity index (χ2n) is 4.72. The summed E-state index contributed by atoms with van der Waals surface area (Å²) < 4.78 is 0. The van der Waals surface area contributed by atoms with Gasteiger partial charge in [0, 0.05) is 28.7 Å². The number of fused-ring (bicyclic) bond motifs is 5. The van der Waals surface area contributed by atoms with Crippen LogP contribution in [0.1, 0.15) is 5.56 Å². The third-order valence-corrected chi connectivity index (χ3v) is 3.57. The molecule has 2 heterocycles. The smallest absolute Gasteiger partial charge is 0.0986 e. The molecular weight excluding hydrogens is 248 g/mol. The zero-order valence-corrected chi connectivity index (χ0v) is 10.6. The second kappa shape index (κ2) is 4.04. The summed E-state index contributed by atoms with van der Waals surface area (Å²) in [7, 11) is 0. The fraction of sp³-hybridized carbons (Fsp3) is 0.0625. The molecule has 4 aromatic rings. The summed E-state index contributed by atoms with van der Waals surface area (Å²) in [6.45, 7) is 0. The highest BCUT2D eigenvalue weighted by Gasteiger charge is 2.13. The molecule has 0 aliphatic carbocycles. The molecule has 0 saturated heterocycles. The topological polar surface area (TPSA) is 65.4 Å². The lowest BCUT2D eigenvalue weighted by Gasteiger charge is -2.03. The standard InChI is InChI=1S/C16H10N4/c17-6-5-10-9-13-16(19-8-7-18-13)14-11-3-1-2-4-12(11)20-15(10)14/h1-4,7-9,20H,5H2. The highest BCUT2D eigenvalue weighted by Crippen LogP contribution is 2.32. The van der Waals surface area contributed by atoms with Gasteiger partial charge >= 0.3 is 0 Å². The first-order chi connectivity index (χ1) is 9.88. The van der Waals surface area contributed by atoms with Crippen LogP contribution in [0, 0.1) is 11.3 Å². The molecule has 4 nitrogen and oxygen atoms in total. The van der Waals surface area contributed by atoms with Gasteiger partial charge in [-0.05, 0) is 17.7 Å². The molecule has 2 aromatic heterocycles. The first kappa shape index (κ1) is 10.9. The van der Waals surface area contributed by atoms with Gasteiger partial charge in [-0.2, -0.15) is 5.26 Å². The molecule has 2 aromatic carbocycles. The van der Waals surface area contributed by atoms with E-state index in [2.05, 4.69) is 27.1 Å². The third-order valence-electron chi connectivity index (χ3n) is 3.57. The molecule has 0 unspecified atom stereocenters. The molecule has 0 fully saturated rings. The van der Waals surface area contributed by atoms with Crippen molar-refractivity contribution in [3.05, 3.63) is 48.3 Å². The lowest BCUT2D eigenvalue weighted by Crippen LogP contribution is -1.89. The largest absolute Gasteiger partial charge is 0.354 e. The Morgan fingerprint density at radius 2 is 2.00 bits per heavy atom. The summed E-state index contributed by atoms with van der Waals surface area (Å²) in [5.41, 5.74) is 4.71. The summed E-state index contributed by atoms with van der Waals surface area (Å²) in [5, 5.41) is 11.2. The molecule has 0 bridgehead atoms. The number of rotatable bonds is 1. The van der Waals surface area contributed by atoms with Gasteiger partial charge in [0.25, 0.3) is 0 Å². The molecule has 0 amide bonds. The van der Waals surface area contributed by atoms with Crippen LogP contribution < -0.4 is 0 Å². The molecule has 0 aliphatic rings. The average Bonchev–Trinajstić information content (AvgIpc) is 2.88. The predicted octanol–water partition coefficient (Wildman–Crippen LogP) is 3.33. The lowest BCUT2D eigenvalue weighted by molar-refractivity contribution is 1.25. The van der Waals surface area contributed by atoms with Gasteiger partial charge in [0.05, 0.1) is 29.0 Å². The predicted molar refractivity (Wildman–Crippen MR) is 78.2 cm³/mol. The van der Waals surface area contributed by atoms with Crippen molar-refractivity contribution in [2.24, 2.45) is 0 Å². The van der Waals surface area contributed by atoms with Gasteiger partial charge in [0.15, 0.2) is 0 Å². The number of H-pyrrole nitrogens is 1. The van der Waals surface area contributed by atoms with Crippen molar-refractivity contribution in [2.75, 3.05) is 0 Å². The molecule has 20 heavy (non-hydrogen) atoms. The van der Waals surface area contributed by atoms with E-state index in [0.29, 0.717) is 6.42 Å². The highest BCUT2D eigenvalue weighted by molar-refractivity contribution is 6.19. The maximum absolute atomic E-state index is 9.03. The fourth-order valence-electron chi connectivity index (χ4n) is 2.74. The molecule has 1 N–H and O–H groups in total. The first-order valence-corrected chi connectivity index (χ1v) is 6.38. The van der Waals surface area contributed by atoms with E-state index < -0.39 is 0 Å². The maximum atomic E-state index is 9.03. The zero-order valence-electron chi connectivity index (χ0n) is 10.6. The van der Waals surface area contributed by atoms with E-state index in [0.717, 1.165) is 38.4 Å². The van der Waals surface area contributed by atoms with Crippen LogP contribution >= 0.6 is 0 Å². The Hall–Kier alpha value is -2.93. The van der Waals surface area contributed by atoms with Crippen molar-refractivity contribution < 1.29 is 0 Å². The summed E-state index contributed by atoms with van der Waals surface area (Å²) in [6.07, 6.45) is 3.74. The molecule has 4 rings (SSSR count). The molecule has 0 atom stereocenters. The highest BCUT2D eigenvalue weighted by atomic mass is 14.8. The minimum atomic E-state index is 0.357. The molecule has 4 heteroatoms.